The van der Waals surface area contributed by atoms with Crippen LogP contribution in [0.2, 0.25) is 0 Å². The van der Waals surface area contributed by atoms with Gasteiger partial charge < -0.3 is 25.1 Å². The molecule has 6 rings (SSSR count). The summed E-state index contributed by atoms with van der Waals surface area (Å²) in [6.07, 6.45) is 1.66. The Hall–Kier alpha value is -4.57. The summed E-state index contributed by atoms with van der Waals surface area (Å²) in [6.45, 7) is 3.32. The molecule has 0 radical (unpaired) electrons. The molecule has 3 N–H and O–H groups in total. The fourth-order valence-electron chi connectivity index (χ4n) is 4.39. The maximum Gasteiger partial charge on any atom is 0.317 e. The van der Waals surface area contributed by atoms with Gasteiger partial charge in [0.25, 0.3) is 11.8 Å². The fraction of sp³-hybridized carbons (Fsp3) is 0.222. The molecule has 1 saturated heterocycles. The number of pyridine rings is 1. The van der Waals surface area contributed by atoms with Gasteiger partial charge >= 0.3 is 6.01 Å². The van der Waals surface area contributed by atoms with Crippen LogP contribution in [-0.4, -0.2) is 52.2 Å². The number of hydrogen-bond donors (Lipinski definition) is 3. The van der Waals surface area contributed by atoms with Gasteiger partial charge in [-0.25, -0.2) is 9.98 Å². The molecule has 2 aliphatic heterocycles. The predicted octanol–water partition coefficient (Wildman–Crippen LogP) is 3.87. The first-order chi connectivity index (χ1) is 18.1. The van der Waals surface area contributed by atoms with E-state index in [1.807, 2.05) is 67.6 Å². The summed E-state index contributed by atoms with van der Waals surface area (Å²) in [5, 5.41) is 17.7. The quantitative estimate of drug-likeness (QED) is 0.368. The van der Waals surface area contributed by atoms with E-state index in [2.05, 4.69) is 31.1 Å². The molecular weight excluding hydrogens is 470 g/mol. The molecule has 37 heavy (non-hydrogen) atoms. The van der Waals surface area contributed by atoms with Gasteiger partial charge in [0.15, 0.2) is 5.69 Å². The van der Waals surface area contributed by atoms with Crippen LogP contribution in [0.4, 0.5) is 17.4 Å². The van der Waals surface area contributed by atoms with Gasteiger partial charge in [-0.1, -0.05) is 53.6 Å². The molecule has 0 saturated carbocycles. The number of amides is 1. The van der Waals surface area contributed by atoms with Gasteiger partial charge in [-0.2, -0.15) is 0 Å². The first-order valence-corrected chi connectivity index (χ1v) is 12.1. The Morgan fingerprint density at radius 3 is 2.70 bits per heavy atom. The Balaban J connectivity index is 1.30. The number of nitrogens with one attached hydrogen (secondary N) is 3. The van der Waals surface area contributed by atoms with E-state index in [1.165, 1.54) is 0 Å². The first kappa shape index (κ1) is 22.9. The lowest BCUT2D eigenvalue weighted by atomic mass is 10.0. The monoisotopic (exact) mass is 495 g/mol. The number of para-hydroxylation sites is 1. The zero-order valence-corrected chi connectivity index (χ0v) is 20.1. The minimum absolute atomic E-state index is 0.0646. The van der Waals surface area contributed by atoms with Crippen molar-refractivity contribution in [3.63, 3.8) is 0 Å². The summed E-state index contributed by atoms with van der Waals surface area (Å²) in [5.41, 5.74) is 5.40. The number of anilines is 3. The van der Waals surface area contributed by atoms with Gasteiger partial charge in [0.2, 0.25) is 6.17 Å². The van der Waals surface area contributed by atoms with Crippen molar-refractivity contribution in [2.75, 3.05) is 29.2 Å². The van der Waals surface area contributed by atoms with Gasteiger partial charge in [-0.3, -0.25) is 4.79 Å². The molecule has 10 heteroatoms. The van der Waals surface area contributed by atoms with Crippen LogP contribution in [0.1, 0.15) is 23.1 Å². The molecule has 4 heterocycles. The number of carbonyl (C=O) groups is 1. The minimum Gasteiger partial charge on any atom is -0.402 e. The van der Waals surface area contributed by atoms with E-state index in [9.17, 15) is 4.79 Å². The van der Waals surface area contributed by atoms with Crippen molar-refractivity contribution in [2.24, 2.45) is 4.99 Å². The largest absolute Gasteiger partial charge is 0.402 e. The SMILES string of the molecule is Cc1cnc(-c2nnc(N[C@H]3N=C(c4ccccc4)c4ccccc4NC3=O)o2)c(N[C@@H]2CCOC2)c1. The molecule has 186 valence electrons. The molecule has 2 aromatic carbocycles. The van der Waals surface area contributed by atoms with E-state index in [0.717, 1.165) is 35.4 Å². The van der Waals surface area contributed by atoms with E-state index in [0.29, 0.717) is 23.7 Å². The topological polar surface area (TPSA) is 127 Å². The molecule has 10 nitrogen and oxygen atoms in total. The van der Waals surface area contributed by atoms with Crippen LogP contribution in [0, 0.1) is 6.92 Å². The summed E-state index contributed by atoms with van der Waals surface area (Å²) in [7, 11) is 0. The Bertz CT molecular complexity index is 1460. The van der Waals surface area contributed by atoms with Gasteiger partial charge in [-0.05, 0) is 31.0 Å². The van der Waals surface area contributed by atoms with Gasteiger partial charge in [0.1, 0.15) is 0 Å². The van der Waals surface area contributed by atoms with Crippen LogP contribution in [-0.2, 0) is 9.53 Å². The molecule has 0 spiro atoms. The van der Waals surface area contributed by atoms with E-state index < -0.39 is 6.17 Å². The van der Waals surface area contributed by atoms with Crippen LogP contribution in [0.25, 0.3) is 11.6 Å². The minimum atomic E-state index is -0.991. The first-order valence-electron chi connectivity index (χ1n) is 12.1. The van der Waals surface area contributed by atoms with Crippen molar-refractivity contribution in [3.8, 4) is 11.6 Å². The van der Waals surface area contributed by atoms with Crippen molar-refractivity contribution in [1.29, 1.82) is 0 Å². The van der Waals surface area contributed by atoms with Crippen molar-refractivity contribution in [2.45, 2.75) is 25.6 Å². The average molecular weight is 496 g/mol. The number of aromatic nitrogens is 3. The normalized spacial score (nSPS) is 18.9. The van der Waals surface area contributed by atoms with E-state index >= 15 is 0 Å². The zero-order valence-electron chi connectivity index (χ0n) is 20.1. The molecule has 0 bridgehead atoms. The number of ether oxygens (including phenoxy) is 1. The van der Waals surface area contributed by atoms with Crippen LogP contribution in [0.15, 0.2) is 76.3 Å². The maximum atomic E-state index is 13.1. The van der Waals surface area contributed by atoms with E-state index in [4.69, 9.17) is 14.1 Å². The Morgan fingerprint density at radius 2 is 1.86 bits per heavy atom. The van der Waals surface area contributed by atoms with Crippen LogP contribution < -0.4 is 16.0 Å². The molecule has 2 aliphatic rings. The number of fused-ring (bicyclic) bond motifs is 1. The number of nitrogens with zero attached hydrogens (tertiary/aromatic N) is 4. The molecule has 4 aromatic rings. The van der Waals surface area contributed by atoms with Crippen LogP contribution in [0.5, 0.6) is 0 Å². The lowest BCUT2D eigenvalue weighted by molar-refractivity contribution is -0.116. The summed E-state index contributed by atoms with van der Waals surface area (Å²) in [5.74, 6) is -0.108. The van der Waals surface area contributed by atoms with Crippen molar-refractivity contribution < 1.29 is 13.9 Å². The van der Waals surface area contributed by atoms with Crippen molar-refractivity contribution in [1.82, 2.24) is 15.2 Å². The standard InChI is InChI=1S/C27H25N7O3/c1-16-13-21(29-18-11-12-36-15-18)23(28-14-16)26-33-34-27(37-26)32-24-25(35)30-20-10-6-5-9-19(20)22(31-24)17-7-3-2-4-8-17/h2-10,13-14,18,24,29H,11-12,15H2,1H3,(H,30,35)(H,32,34)/t18-,24-/m1/s1. The van der Waals surface area contributed by atoms with E-state index in [-0.39, 0.29) is 23.9 Å². The number of benzene rings is 2. The third-order valence-corrected chi connectivity index (χ3v) is 6.20. The maximum absolute atomic E-state index is 13.1. The molecule has 2 atom stereocenters. The predicted molar refractivity (Wildman–Crippen MR) is 140 cm³/mol. The number of rotatable bonds is 6. The van der Waals surface area contributed by atoms with Gasteiger partial charge in [0.05, 0.1) is 29.7 Å². The Morgan fingerprint density at radius 1 is 1.03 bits per heavy atom. The lowest BCUT2D eigenvalue weighted by Crippen LogP contribution is -2.32. The second-order valence-electron chi connectivity index (χ2n) is 8.95. The second-order valence-corrected chi connectivity index (χ2v) is 8.95. The van der Waals surface area contributed by atoms with Crippen molar-refractivity contribution >= 4 is 29.0 Å². The highest BCUT2D eigenvalue weighted by molar-refractivity contribution is 6.19. The molecule has 1 amide bonds. The molecule has 0 aliphatic carbocycles. The van der Waals surface area contributed by atoms with Crippen LogP contribution >= 0.6 is 0 Å². The van der Waals surface area contributed by atoms with Crippen molar-refractivity contribution in [3.05, 3.63) is 83.6 Å². The van der Waals surface area contributed by atoms with Crippen LogP contribution in [0.3, 0.4) is 0 Å². The van der Waals surface area contributed by atoms with Gasteiger partial charge in [-0.15, -0.1) is 5.10 Å². The number of hydrogen-bond acceptors (Lipinski definition) is 9. The number of aryl methyl sites for hydroxylation is 1. The number of benzodiazepines with no additional fused rings is 1. The third kappa shape index (κ3) is 4.78. The lowest BCUT2D eigenvalue weighted by Gasteiger charge is -2.14. The third-order valence-electron chi connectivity index (χ3n) is 6.20. The number of carbonyl (C=O) groups excluding carboxylic acids is 1. The fourth-order valence-corrected chi connectivity index (χ4v) is 4.39. The van der Waals surface area contributed by atoms with Gasteiger partial charge in [0, 0.05) is 23.9 Å². The molecule has 2 aromatic heterocycles. The second kappa shape index (κ2) is 9.82. The highest BCUT2D eigenvalue weighted by Gasteiger charge is 2.28. The summed E-state index contributed by atoms with van der Waals surface area (Å²) >= 11 is 0. The summed E-state index contributed by atoms with van der Waals surface area (Å²) in [6, 6.07) is 19.5. The summed E-state index contributed by atoms with van der Waals surface area (Å²) in [4.78, 5) is 22.4. The summed E-state index contributed by atoms with van der Waals surface area (Å²) < 4.78 is 11.4. The van der Waals surface area contributed by atoms with E-state index in [1.54, 1.807) is 6.20 Å². The highest BCUT2D eigenvalue weighted by Crippen LogP contribution is 2.29. The average Bonchev–Trinajstić information content (AvgIpc) is 3.57. The Labute approximate surface area is 213 Å². The molecule has 1 fully saturated rings. The molecular formula is C27H25N7O3. The molecule has 0 unspecified atom stereocenters. The smallest absolute Gasteiger partial charge is 0.317 e. The number of aliphatic imine (C=N–C) groups is 1. The Kier molecular flexibility index (Phi) is 6.07. The highest BCUT2D eigenvalue weighted by atomic mass is 16.5. The zero-order chi connectivity index (χ0) is 25.2.